The van der Waals surface area contributed by atoms with Crippen LogP contribution in [-0.2, 0) is 0 Å². The van der Waals surface area contributed by atoms with Gasteiger partial charge in [0, 0.05) is 0 Å². The van der Waals surface area contributed by atoms with Crippen LogP contribution in [0.25, 0.3) is 5.57 Å². The summed E-state index contributed by atoms with van der Waals surface area (Å²) in [7, 11) is 0. The summed E-state index contributed by atoms with van der Waals surface area (Å²) >= 11 is 0. The lowest BCUT2D eigenvalue weighted by Crippen LogP contribution is -1.94. The molecule has 0 aliphatic heterocycles. The number of allylic oxidation sites excluding steroid dienone is 4. The topological polar surface area (TPSA) is 0 Å². The van der Waals surface area contributed by atoms with Gasteiger partial charge in [-0.25, -0.2) is 0 Å². The van der Waals surface area contributed by atoms with Gasteiger partial charge in [-0.2, -0.15) is 0 Å². The molecule has 0 bridgehead atoms. The van der Waals surface area contributed by atoms with Gasteiger partial charge in [0.25, 0.3) is 0 Å². The maximum Gasteiger partial charge on any atom is -0.00856 e. The number of benzene rings is 1. The largest absolute Gasteiger partial charge is 0.0798 e. The third-order valence-electron chi connectivity index (χ3n) is 3.55. The summed E-state index contributed by atoms with van der Waals surface area (Å²) in [5.74, 6) is 0. The molecule has 1 aliphatic rings. The van der Waals surface area contributed by atoms with Crippen molar-refractivity contribution in [2.45, 2.75) is 34.1 Å². The maximum atomic E-state index is 2.27. The molecule has 0 saturated heterocycles. The molecular weight excluding hydrogens is 180 g/mol. The third kappa shape index (κ3) is 1.65. The van der Waals surface area contributed by atoms with Crippen molar-refractivity contribution in [1.29, 1.82) is 0 Å². The summed E-state index contributed by atoms with van der Waals surface area (Å²) in [6.07, 6.45) is 5.57. The van der Waals surface area contributed by atoms with E-state index in [1.54, 1.807) is 0 Å². The molecule has 1 aliphatic carbocycles. The smallest absolute Gasteiger partial charge is 0.00856 e. The van der Waals surface area contributed by atoms with Crippen LogP contribution < -0.4 is 0 Å². The van der Waals surface area contributed by atoms with Gasteiger partial charge in [-0.1, -0.05) is 24.3 Å². The van der Waals surface area contributed by atoms with Crippen molar-refractivity contribution in [3.8, 4) is 0 Å². The molecule has 0 heteroatoms. The molecule has 0 aromatic heterocycles. The van der Waals surface area contributed by atoms with Crippen molar-refractivity contribution < 1.29 is 0 Å². The van der Waals surface area contributed by atoms with Crippen LogP contribution in [-0.4, -0.2) is 0 Å². The van der Waals surface area contributed by atoms with E-state index >= 15 is 0 Å². The first kappa shape index (κ1) is 10.2. The first-order chi connectivity index (χ1) is 7.11. The molecule has 0 spiro atoms. The van der Waals surface area contributed by atoms with Crippen LogP contribution in [0.2, 0.25) is 0 Å². The lowest BCUT2D eigenvalue weighted by molar-refractivity contribution is 1.23. The molecule has 0 heterocycles. The summed E-state index contributed by atoms with van der Waals surface area (Å²) < 4.78 is 0. The average Bonchev–Trinajstić information content (AvgIpc) is 2.62. The van der Waals surface area contributed by atoms with Crippen LogP contribution in [0.15, 0.2) is 29.9 Å². The fourth-order valence-electron chi connectivity index (χ4n) is 2.22. The number of aryl methyl sites for hydroxylation is 1. The van der Waals surface area contributed by atoms with Gasteiger partial charge in [-0.05, 0) is 67.5 Å². The summed E-state index contributed by atoms with van der Waals surface area (Å²) in [5.41, 5.74) is 8.60. The van der Waals surface area contributed by atoms with E-state index in [-0.39, 0.29) is 0 Å². The Bertz CT molecular complexity index is 459. The van der Waals surface area contributed by atoms with Gasteiger partial charge in [0.05, 0.1) is 0 Å². The highest BCUT2D eigenvalue weighted by molar-refractivity contribution is 5.77. The predicted octanol–water partition coefficient (Wildman–Crippen LogP) is 4.35. The average molecular weight is 198 g/mol. The molecule has 0 amide bonds. The van der Waals surface area contributed by atoms with Crippen LogP contribution >= 0.6 is 0 Å². The van der Waals surface area contributed by atoms with E-state index in [2.05, 4.69) is 52.0 Å². The van der Waals surface area contributed by atoms with E-state index in [0.717, 1.165) is 6.42 Å². The monoisotopic (exact) mass is 198 g/mol. The SMILES string of the molecule is CC1=C(c2ccc(C)c(C)c2C)CC=C1. The summed E-state index contributed by atoms with van der Waals surface area (Å²) in [6.45, 7) is 8.83. The zero-order valence-electron chi connectivity index (χ0n) is 10.0. The molecule has 2 rings (SSSR count). The minimum atomic E-state index is 1.09. The third-order valence-corrected chi connectivity index (χ3v) is 3.55. The number of rotatable bonds is 1. The van der Waals surface area contributed by atoms with Gasteiger partial charge < -0.3 is 0 Å². The van der Waals surface area contributed by atoms with E-state index in [9.17, 15) is 0 Å². The van der Waals surface area contributed by atoms with Crippen molar-refractivity contribution in [3.63, 3.8) is 0 Å². The molecule has 15 heavy (non-hydrogen) atoms. The Balaban J connectivity index is 2.56. The van der Waals surface area contributed by atoms with Crippen molar-refractivity contribution in [2.24, 2.45) is 0 Å². The molecule has 0 unspecified atom stereocenters. The fraction of sp³-hybridized carbons (Fsp3) is 0.333. The van der Waals surface area contributed by atoms with E-state index in [1.807, 2.05) is 0 Å². The fourth-order valence-corrected chi connectivity index (χ4v) is 2.22. The molecular formula is C15H18. The minimum absolute atomic E-state index is 1.09. The van der Waals surface area contributed by atoms with Gasteiger partial charge in [0.2, 0.25) is 0 Å². The molecule has 1 aromatic rings. The lowest BCUT2D eigenvalue weighted by Gasteiger charge is -2.13. The van der Waals surface area contributed by atoms with Gasteiger partial charge >= 0.3 is 0 Å². The summed E-state index contributed by atoms with van der Waals surface area (Å²) in [5, 5.41) is 0. The molecule has 0 fully saturated rings. The number of hydrogen-bond acceptors (Lipinski definition) is 0. The van der Waals surface area contributed by atoms with Gasteiger partial charge in [0.1, 0.15) is 0 Å². The Labute approximate surface area is 92.3 Å². The van der Waals surface area contributed by atoms with E-state index < -0.39 is 0 Å². The van der Waals surface area contributed by atoms with Gasteiger partial charge in [0.15, 0.2) is 0 Å². The number of hydrogen-bond donors (Lipinski definition) is 0. The Morgan fingerprint density at radius 2 is 1.67 bits per heavy atom. The molecule has 78 valence electrons. The van der Waals surface area contributed by atoms with Crippen molar-refractivity contribution in [2.75, 3.05) is 0 Å². The van der Waals surface area contributed by atoms with Crippen molar-refractivity contribution in [3.05, 3.63) is 52.1 Å². The Morgan fingerprint density at radius 3 is 2.27 bits per heavy atom. The zero-order chi connectivity index (χ0) is 11.0. The highest BCUT2D eigenvalue weighted by Gasteiger charge is 2.11. The zero-order valence-corrected chi connectivity index (χ0v) is 10.0. The van der Waals surface area contributed by atoms with Crippen molar-refractivity contribution >= 4 is 5.57 Å². The first-order valence-corrected chi connectivity index (χ1v) is 5.54. The molecule has 0 saturated carbocycles. The Hall–Kier alpha value is -1.30. The normalized spacial score (nSPS) is 15.2. The minimum Gasteiger partial charge on any atom is -0.0798 e. The van der Waals surface area contributed by atoms with Gasteiger partial charge in [-0.15, -0.1) is 0 Å². The van der Waals surface area contributed by atoms with E-state index in [0.29, 0.717) is 0 Å². The second-order valence-electron chi connectivity index (χ2n) is 4.45. The summed E-state index contributed by atoms with van der Waals surface area (Å²) in [6, 6.07) is 4.50. The predicted molar refractivity (Wildman–Crippen MR) is 67.0 cm³/mol. The van der Waals surface area contributed by atoms with Crippen LogP contribution in [0.3, 0.4) is 0 Å². The lowest BCUT2D eigenvalue weighted by atomic mass is 9.92. The quantitative estimate of drug-likeness (QED) is 0.629. The molecule has 1 aromatic carbocycles. The molecule has 0 nitrogen and oxygen atoms in total. The molecule has 0 atom stereocenters. The highest BCUT2D eigenvalue weighted by Crippen LogP contribution is 2.32. The Morgan fingerprint density at radius 1 is 0.933 bits per heavy atom. The highest BCUT2D eigenvalue weighted by atomic mass is 14.2. The van der Waals surface area contributed by atoms with Crippen LogP contribution in [0, 0.1) is 20.8 Å². The van der Waals surface area contributed by atoms with Crippen LogP contribution in [0.5, 0.6) is 0 Å². The van der Waals surface area contributed by atoms with E-state index in [1.165, 1.54) is 33.4 Å². The van der Waals surface area contributed by atoms with Gasteiger partial charge in [-0.3, -0.25) is 0 Å². The second kappa shape index (κ2) is 3.69. The second-order valence-corrected chi connectivity index (χ2v) is 4.45. The standard InChI is InChI=1S/C15H18/c1-10-8-9-15(13(4)12(10)3)14-7-5-6-11(14)2/h5-6,8-9H,7H2,1-4H3. The van der Waals surface area contributed by atoms with Crippen LogP contribution in [0.4, 0.5) is 0 Å². The van der Waals surface area contributed by atoms with Crippen molar-refractivity contribution in [1.82, 2.24) is 0 Å². The maximum absolute atomic E-state index is 2.27. The molecule has 0 N–H and O–H groups in total. The van der Waals surface area contributed by atoms with Crippen LogP contribution in [0.1, 0.15) is 35.6 Å². The first-order valence-electron chi connectivity index (χ1n) is 5.54. The summed E-state index contributed by atoms with van der Waals surface area (Å²) in [4.78, 5) is 0. The molecule has 0 radical (unpaired) electrons. The Kier molecular flexibility index (Phi) is 2.52. The van der Waals surface area contributed by atoms with E-state index in [4.69, 9.17) is 0 Å².